The highest BCUT2D eigenvalue weighted by Gasteiger charge is 2.24. The molecule has 6 heteroatoms. The third-order valence-electron chi connectivity index (χ3n) is 5.95. The molecule has 30 heavy (non-hydrogen) atoms. The first-order valence-electron chi connectivity index (χ1n) is 10.5. The molecule has 1 amide bonds. The second-order valence-corrected chi connectivity index (χ2v) is 7.93. The fraction of sp³-hybridized carbons (Fsp3) is 0.333. The molecule has 1 fully saturated rings. The van der Waals surface area contributed by atoms with Crippen LogP contribution >= 0.6 is 0 Å². The summed E-state index contributed by atoms with van der Waals surface area (Å²) >= 11 is 0. The summed E-state index contributed by atoms with van der Waals surface area (Å²) < 4.78 is 0. The number of nitrogen functional groups attached to an aromatic ring is 1. The smallest absolute Gasteiger partial charge is 0.272 e. The Hall–Kier alpha value is -3.28. The molecule has 1 aliphatic rings. The molecule has 2 N–H and O–H groups in total. The van der Waals surface area contributed by atoms with E-state index in [0.29, 0.717) is 17.6 Å². The molecule has 6 nitrogen and oxygen atoms in total. The summed E-state index contributed by atoms with van der Waals surface area (Å²) in [5.74, 6) is 0.468. The number of hydrogen-bond acceptors (Lipinski definition) is 5. The highest BCUT2D eigenvalue weighted by molar-refractivity contribution is 5.93. The third-order valence-corrected chi connectivity index (χ3v) is 5.95. The average Bonchev–Trinajstić information content (AvgIpc) is 2.79. The number of rotatable bonds is 4. The van der Waals surface area contributed by atoms with Crippen molar-refractivity contribution < 1.29 is 4.79 Å². The molecular formula is C24H27N5O. The number of aromatic nitrogens is 3. The van der Waals surface area contributed by atoms with Crippen molar-refractivity contribution in [2.24, 2.45) is 0 Å². The zero-order valence-corrected chi connectivity index (χ0v) is 17.5. The van der Waals surface area contributed by atoms with E-state index in [1.807, 2.05) is 43.1 Å². The van der Waals surface area contributed by atoms with Gasteiger partial charge in [0.15, 0.2) is 0 Å². The first-order valence-corrected chi connectivity index (χ1v) is 10.5. The molecule has 3 heterocycles. The predicted molar refractivity (Wildman–Crippen MR) is 119 cm³/mol. The number of amides is 1. The van der Waals surface area contributed by atoms with Crippen molar-refractivity contribution in [1.29, 1.82) is 0 Å². The molecule has 1 aliphatic carbocycles. The van der Waals surface area contributed by atoms with E-state index < -0.39 is 0 Å². The lowest BCUT2D eigenvalue weighted by Crippen LogP contribution is -2.38. The Morgan fingerprint density at radius 2 is 1.70 bits per heavy atom. The molecule has 0 aromatic carbocycles. The van der Waals surface area contributed by atoms with Crippen LogP contribution in [0.3, 0.4) is 0 Å². The highest BCUT2D eigenvalue weighted by Crippen LogP contribution is 2.33. The van der Waals surface area contributed by atoms with Crippen molar-refractivity contribution in [3.05, 3.63) is 60.3 Å². The molecule has 3 aromatic rings. The Bertz CT molecular complexity index is 1020. The van der Waals surface area contributed by atoms with Crippen LogP contribution in [-0.2, 0) is 0 Å². The van der Waals surface area contributed by atoms with E-state index in [1.165, 1.54) is 19.3 Å². The molecule has 0 unspecified atom stereocenters. The van der Waals surface area contributed by atoms with Gasteiger partial charge in [-0.05, 0) is 49.6 Å². The van der Waals surface area contributed by atoms with Gasteiger partial charge in [0.2, 0.25) is 0 Å². The fourth-order valence-corrected chi connectivity index (χ4v) is 4.22. The second kappa shape index (κ2) is 8.61. The summed E-state index contributed by atoms with van der Waals surface area (Å²) in [6.45, 7) is 1.97. The Kier molecular flexibility index (Phi) is 5.74. The molecule has 0 aliphatic heterocycles. The zero-order chi connectivity index (χ0) is 21.1. The fourth-order valence-electron chi connectivity index (χ4n) is 4.22. The lowest BCUT2D eigenvalue weighted by Gasteiger charge is -2.31. The molecule has 0 atom stereocenters. The molecule has 3 aromatic heterocycles. The van der Waals surface area contributed by atoms with Crippen LogP contribution in [0.5, 0.6) is 0 Å². The van der Waals surface area contributed by atoms with Gasteiger partial charge < -0.3 is 10.6 Å². The quantitative estimate of drug-likeness (QED) is 0.696. The molecule has 1 saturated carbocycles. The van der Waals surface area contributed by atoms with Crippen LogP contribution in [0, 0.1) is 6.92 Å². The molecule has 154 valence electrons. The van der Waals surface area contributed by atoms with Crippen LogP contribution in [0.1, 0.15) is 48.3 Å². The molecular weight excluding hydrogens is 374 g/mol. The molecule has 0 radical (unpaired) electrons. The van der Waals surface area contributed by atoms with Crippen molar-refractivity contribution in [3.63, 3.8) is 0 Å². The van der Waals surface area contributed by atoms with Gasteiger partial charge in [0, 0.05) is 54.1 Å². The standard InChI is InChI=1S/C24H27N5O/c1-16-23(18-9-11-22(25)28-15-18)20(12-13-26-16)17-8-10-21(27-14-17)24(30)29(2)19-6-4-3-5-7-19/h8-15,19H,3-7H2,1-2H3,(H2,25,28). The van der Waals surface area contributed by atoms with Gasteiger partial charge in [-0.15, -0.1) is 0 Å². The minimum Gasteiger partial charge on any atom is -0.384 e. The SMILES string of the molecule is Cc1nccc(-c2ccc(C(=O)N(C)C3CCCCC3)nc2)c1-c1ccc(N)nc1. The first-order chi connectivity index (χ1) is 14.5. The number of aryl methyl sites for hydroxylation is 1. The number of pyridine rings is 3. The van der Waals surface area contributed by atoms with Crippen molar-refractivity contribution in [1.82, 2.24) is 19.9 Å². The summed E-state index contributed by atoms with van der Waals surface area (Å²) in [5.41, 5.74) is 11.0. The van der Waals surface area contributed by atoms with Gasteiger partial charge in [0.25, 0.3) is 5.91 Å². The summed E-state index contributed by atoms with van der Waals surface area (Å²) in [6, 6.07) is 9.79. The van der Waals surface area contributed by atoms with Gasteiger partial charge >= 0.3 is 0 Å². The summed E-state index contributed by atoms with van der Waals surface area (Å²) in [5, 5.41) is 0. The zero-order valence-electron chi connectivity index (χ0n) is 17.5. The van der Waals surface area contributed by atoms with E-state index in [9.17, 15) is 4.79 Å². The van der Waals surface area contributed by atoms with Gasteiger partial charge in [0.1, 0.15) is 11.5 Å². The largest absolute Gasteiger partial charge is 0.384 e. The highest BCUT2D eigenvalue weighted by atomic mass is 16.2. The van der Waals surface area contributed by atoms with E-state index in [0.717, 1.165) is 40.8 Å². The molecule has 0 saturated heterocycles. The van der Waals surface area contributed by atoms with Crippen molar-refractivity contribution in [2.45, 2.75) is 45.1 Å². The maximum atomic E-state index is 12.9. The van der Waals surface area contributed by atoms with E-state index in [2.05, 4.69) is 15.0 Å². The van der Waals surface area contributed by atoms with Crippen LogP contribution in [0.4, 0.5) is 5.82 Å². The second-order valence-electron chi connectivity index (χ2n) is 7.93. The Morgan fingerprint density at radius 3 is 2.37 bits per heavy atom. The predicted octanol–water partition coefficient (Wildman–Crippen LogP) is 4.50. The minimum absolute atomic E-state index is 0.0117. The number of anilines is 1. The number of carbonyl (C=O) groups excluding carboxylic acids is 1. The number of nitrogens with zero attached hydrogens (tertiary/aromatic N) is 4. The van der Waals surface area contributed by atoms with Crippen molar-refractivity contribution in [2.75, 3.05) is 12.8 Å². The number of carbonyl (C=O) groups is 1. The molecule has 0 bridgehead atoms. The Morgan fingerprint density at radius 1 is 0.967 bits per heavy atom. The monoisotopic (exact) mass is 401 g/mol. The number of hydrogen-bond donors (Lipinski definition) is 1. The maximum absolute atomic E-state index is 12.9. The van der Waals surface area contributed by atoms with E-state index in [1.54, 1.807) is 24.7 Å². The van der Waals surface area contributed by atoms with Gasteiger partial charge in [-0.3, -0.25) is 14.8 Å². The topological polar surface area (TPSA) is 85.0 Å². The first kappa shape index (κ1) is 20.0. The van der Waals surface area contributed by atoms with Gasteiger partial charge in [-0.2, -0.15) is 0 Å². The van der Waals surface area contributed by atoms with Crippen LogP contribution in [0.15, 0.2) is 48.9 Å². The summed E-state index contributed by atoms with van der Waals surface area (Å²) in [7, 11) is 1.90. The third kappa shape index (κ3) is 4.03. The van der Waals surface area contributed by atoms with Gasteiger partial charge in [-0.1, -0.05) is 25.3 Å². The maximum Gasteiger partial charge on any atom is 0.272 e. The Labute approximate surface area is 177 Å². The van der Waals surface area contributed by atoms with Crippen LogP contribution < -0.4 is 5.73 Å². The molecule has 0 spiro atoms. The van der Waals surface area contributed by atoms with E-state index in [-0.39, 0.29) is 5.91 Å². The lowest BCUT2D eigenvalue weighted by molar-refractivity contribution is 0.0690. The van der Waals surface area contributed by atoms with Crippen LogP contribution in [-0.4, -0.2) is 38.8 Å². The van der Waals surface area contributed by atoms with Crippen molar-refractivity contribution in [3.8, 4) is 22.3 Å². The van der Waals surface area contributed by atoms with Gasteiger partial charge in [0.05, 0.1) is 0 Å². The number of nitrogens with two attached hydrogens (primary N) is 1. The van der Waals surface area contributed by atoms with Gasteiger partial charge in [-0.25, -0.2) is 4.98 Å². The van der Waals surface area contributed by atoms with Crippen molar-refractivity contribution >= 4 is 11.7 Å². The summed E-state index contributed by atoms with van der Waals surface area (Å²) in [4.78, 5) is 27.9. The Balaban J connectivity index is 1.62. The normalized spacial score (nSPS) is 14.5. The minimum atomic E-state index is -0.0117. The summed E-state index contributed by atoms with van der Waals surface area (Å²) in [6.07, 6.45) is 11.1. The van der Waals surface area contributed by atoms with Crippen LogP contribution in [0.2, 0.25) is 0 Å². The lowest BCUT2D eigenvalue weighted by atomic mass is 9.94. The van der Waals surface area contributed by atoms with E-state index >= 15 is 0 Å². The average molecular weight is 402 g/mol. The van der Waals surface area contributed by atoms with Crippen LogP contribution in [0.25, 0.3) is 22.3 Å². The molecule has 4 rings (SSSR count). The van der Waals surface area contributed by atoms with E-state index in [4.69, 9.17) is 5.73 Å².